The summed E-state index contributed by atoms with van der Waals surface area (Å²) in [5, 5.41) is 11.3. The van der Waals surface area contributed by atoms with Crippen LogP contribution in [0.2, 0.25) is 0 Å². The van der Waals surface area contributed by atoms with E-state index < -0.39 is 5.97 Å². The first kappa shape index (κ1) is 10.1. The molecule has 0 aliphatic carbocycles. The zero-order valence-electron chi connectivity index (χ0n) is 7.82. The number of aliphatic carboxylic acids is 1. The standard InChI is InChI=1S/C10H12N2O2/c1-12-9-4-2-7(6-8(9)11)3-5-10(13)14/h2-6,12H,11H2,1H3,(H,13,14)/b5-3+. The van der Waals surface area contributed by atoms with Crippen LogP contribution in [0.1, 0.15) is 5.56 Å². The van der Waals surface area contributed by atoms with Crippen molar-refractivity contribution >= 4 is 23.4 Å². The molecule has 0 aliphatic heterocycles. The van der Waals surface area contributed by atoms with Crippen molar-refractivity contribution in [2.45, 2.75) is 0 Å². The van der Waals surface area contributed by atoms with E-state index in [0.29, 0.717) is 5.69 Å². The maximum Gasteiger partial charge on any atom is 0.328 e. The lowest BCUT2D eigenvalue weighted by Gasteiger charge is -2.04. The lowest BCUT2D eigenvalue weighted by molar-refractivity contribution is -0.131. The fraction of sp³-hybridized carbons (Fsp3) is 0.100. The SMILES string of the molecule is CNc1ccc(/C=C/C(=O)O)cc1N. The number of carbonyl (C=O) groups is 1. The van der Waals surface area contributed by atoms with Crippen molar-refractivity contribution in [3.8, 4) is 0 Å². The first-order valence-electron chi connectivity index (χ1n) is 4.12. The Balaban J connectivity index is 2.91. The summed E-state index contributed by atoms with van der Waals surface area (Å²) < 4.78 is 0. The van der Waals surface area contributed by atoms with Gasteiger partial charge in [0.1, 0.15) is 0 Å². The monoisotopic (exact) mass is 192 g/mol. The molecule has 0 radical (unpaired) electrons. The smallest absolute Gasteiger partial charge is 0.328 e. The Morgan fingerprint density at radius 2 is 2.29 bits per heavy atom. The molecule has 4 N–H and O–H groups in total. The summed E-state index contributed by atoms with van der Waals surface area (Å²) in [5.41, 5.74) is 7.89. The molecule has 14 heavy (non-hydrogen) atoms. The van der Waals surface area contributed by atoms with Crippen molar-refractivity contribution in [1.82, 2.24) is 0 Å². The second kappa shape index (κ2) is 4.32. The number of hydrogen-bond donors (Lipinski definition) is 3. The Labute approximate surface area is 82.0 Å². The molecule has 1 aromatic carbocycles. The maximum atomic E-state index is 10.3. The maximum absolute atomic E-state index is 10.3. The lowest BCUT2D eigenvalue weighted by Crippen LogP contribution is -1.95. The number of hydrogen-bond acceptors (Lipinski definition) is 3. The van der Waals surface area contributed by atoms with Crippen LogP contribution in [-0.4, -0.2) is 18.1 Å². The molecular formula is C10H12N2O2. The second-order valence-electron chi connectivity index (χ2n) is 2.77. The summed E-state index contributed by atoms with van der Waals surface area (Å²) in [6.45, 7) is 0. The molecule has 0 bridgehead atoms. The van der Waals surface area contributed by atoms with Crippen LogP contribution in [0.3, 0.4) is 0 Å². The van der Waals surface area contributed by atoms with Crippen LogP contribution in [0.25, 0.3) is 6.08 Å². The third kappa shape index (κ3) is 2.52. The van der Waals surface area contributed by atoms with Gasteiger partial charge in [-0.3, -0.25) is 0 Å². The Hall–Kier alpha value is -1.97. The summed E-state index contributed by atoms with van der Waals surface area (Å²) in [5.74, 6) is -0.971. The molecule has 0 unspecified atom stereocenters. The Morgan fingerprint density at radius 3 is 2.79 bits per heavy atom. The van der Waals surface area contributed by atoms with E-state index >= 15 is 0 Å². The number of nitrogens with one attached hydrogen (secondary N) is 1. The van der Waals surface area contributed by atoms with E-state index in [1.54, 1.807) is 25.2 Å². The van der Waals surface area contributed by atoms with Crippen LogP contribution in [0.4, 0.5) is 11.4 Å². The number of anilines is 2. The van der Waals surface area contributed by atoms with Crippen molar-refractivity contribution in [1.29, 1.82) is 0 Å². The summed E-state index contributed by atoms with van der Waals surface area (Å²) >= 11 is 0. The molecule has 0 amide bonds. The Morgan fingerprint density at radius 1 is 1.57 bits per heavy atom. The van der Waals surface area contributed by atoms with Gasteiger partial charge in [0.05, 0.1) is 11.4 Å². The van der Waals surface area contributed by atoms with Gasteiger partial charge in [0.15, 0.2) is 0 Å². The number of rotatable bonds is 3. The van der Waals surface area contributed by atoms with Gasteiger partial charge in [-0.15, -0.1) is 0 Å². The van der Waals surface area contributed by atoms with Crippen molar-refractivity contribution in [2.24, 2.45) is 0 Å². The van der Waals surface area contributed by atoms with Crippen LogP contribution >= 0.6 is 0 Å². The second-order valence-corrected chi connectivity index (χ2v) is 2.77. The highest BCUT2D eigenvalue weighted by Crippen LogP contribution is 2.19. The number of nitrogen functional groups attached to an aromatic ring is 1. The van der Waals surface area contributed by atoms with Gasteiger partial charge in [0, 0.05) is 13.1 Å². The highest BCUT2D eigenvalue weighted by molar-refractivity contribution is 5.86. The van der Waals surface area contributed by atoms with Crippen molar-refractivity contribution in [2.75, 3.05) is 18.1 Å². The van der Waals surface area contributed by atoms with E-state index in [0.717, 1.165) is 17.3 Å². The van der Waals surface area contributed by atoms with Crippen LogP contribution < -0.4 is 11.1 Å². The molecule has 1 aromatic rings. The van der Waals surface area contributed by atoms with E-state index in [1.165, 1.54) is 6.08 Å². The molecule has 1 rings (SSSR count). The number of carboxylic acids is 1. The Kier molecular flexibility index (Phi) is 3.12. The molecular weight excluding hydrogens is 180 g/mol. The van der Waals surface area contributed by atoms with E-state index in [-0.39, 0.29) is 0 Å². The van der Waals surface area contributed by atoms with E-state index in [1.807, 2.05) is 0 Å². The zero-order chi connectivity index (χ0) is 10.6. The third-order valence-corrected chi connectivity index (χ3v) is 1.76. The number of benzene rings is 1. The van der Waals surface area contributed by atoms with Gasteiger partial charge in [-0.05, 0) is 23.8 Å². The summed E-state index contributed by atoms with van der Waals surface area (Å²) in [4.78, 5) is 10.3. The first-order valence-corrected chi connectivity index (χ1v) is 4.12. The molecule has 74 valence electrons. The quantitative estimate of drug-likeness (QED) is 0.500. The third-order valence-electron chi connectivity index (χ3n) is 1.76. The predicted octanol–water partition coefficient (Wildman–Crippen LogP) is 1.41. The zero-order valence-corrected chi connectivity index (χ0v) is 7.82. The highest BCUT2D eigenvalue weighted by Gasteiger charge is 1.96. The van der Waals surface area contributed by atoms with Gasteiger partial charge in [0.25, 0.3) is 0 Å². The van der Waals surface area contributed by atoms with Gasteiger partial charge in [-0.25, -0.2) is 4.79 Å². The molecule has 0 saturated heterocycles. The van der Waals surface area contributed by atoms with Crippen LogP contribution in [0.5, 0.6) is 0 Å². The summed E-state index contributed by atoms with van der Waals surface area (Å²) in [6.07, 6.45) is 2.58. The minimum Gasteiger partial charge on any atom is -0.478 e. The van der Waals surface area contributed by atoms with Crippen LogP contribution in [-0.2, 0) is 4.79 Å². The van der Waals surface area contributed by atoms with Crippen LogP contribution in [0.15, 0.2) is 24.3 Å². The molecule has 0 atom stereocenters. The minimum absolute atomic E-state index is 0.597. The van der Waals surface area contributed by atoms with Crippen molar-refractivity contribution in [3.05, 3.63) is 29.8 Å². The average Bonchev–Trinajstić information content (AvgIpc) is 2.15. The predicted molar refractivity (Wildman–Crippen MR) is 57.1 cm³/mol. The lowest BCUT2D eigenvalue weighted by atomic mass is 10.1. The molecule has 0 fully saturated rings. The summed E-state index contributed by atoms with van der Waals surface area (Å²) in [6, 6.07) is 5.31. The Bertz CT molecular complexity index is 372. The highest BCUT2D eigenvalue weighted by atomic mass is 16.4. The fourth-order valence-corrected chi connectivity index (χ4v) is 1.08. The molecule has 0 spiro atoms. The van der Waals surface area contributed by atoms with Crippen molar-refractivity contribution < 1.29 is 9.90 Å². The van der Waals surface area contributed by atoms with E-state index in [9.17, 15) is 4.79 Å². The molecule has 0 aromatic heterocycles. The first-order chi connectivity index (χ1) is 6.63. The molecule has 0 aliphatic rings. The van der Waals surface area contributed by atoms with E-state index in [4.69, 9.17) is 10.8 Å². The van der Waals surface area contributed by atoms with Crippen LogP contribution in [0, 0.1) is 0 Å². The van der Waals surface area contributed by atoms with Gasteiger partial charge >= 0.3 is 5.97 Å². The number of carboxylic acid groups (broad SMARTS) is 1. The molecule has 0 heterocycles. The largest absolute Gasteiger partial charge is 0.478 e. The molecule has 4 nitrogen and oxygen atoms in total. The van der Waals surface area contributed by atoms with Gasteiger partial charge in [-0.2, -0.15) is 0 Å². The fourth-order valence-electron chi connectivity index (χ4n) is 1.08. The summed E-state index contributed by atoms with van der Waals surface area (Å²) in [7, 11) is 1.78. The van der Waals surface area contributed by atoms with Gasteiger partial charge in [-0.1, -0.05) is 6.07 Å². The van der Waals surface area contributed by atoms with Gasteiger partial charge in [0.2, 0.25) is 0 Å². The van der Waals surface area contributed by atoms with E-state index in [2.05, 4.69) is 5.32 Å². The van der Waals surface area contributed by atoms with Crippen molar-refractivity contribution in [3.63, 3.8) is 0 Å². The number of nitrogens with two attached hydrogens (primary N) is 1. The minimum atomic E-state index is -0.971. The average molecular weight is 192 g/mol. The molecule has 4 heteroatoms. The topological polar surface area (TPSA) is 75.3 Å². The molecule has 0 saturated carbocycles. The normalized spacial score (nSPS) is 10.4. The van der Waals surface area contributed by atoms with Gasteiger partial charge < -0.3 is 16.2 Å².